The average molecular weight is 614 g/mol. The van der Waals surface area contributed by atoms with Gasteiger partial charge in [-0.3, -0.25) is 0 Å². The van der Waals surface area contributed by atoms with Crippen molar-refractivity contribution in [2.75, 3.05) is 0 Å². The molecule has 0 N–H and O–H groups in total. The molecule has 3 aliphatic carbocycles. The van der Waals surface area contributed by atoms with Crippen molar-refractivity contribution in [3.63, 3.8) is 0 Å². The second-order valence-corrected chi connectivity index (χ2v) is 14.7. The molecule has 3 saturated carbocycles. The fourth-order valence-corrected chi connectivity index (χ4v) is 9.10. The number of benzene rings is 2. The van der Waals surface area contributed by atoms with Gasteiger partial charge in [-0.25, -0.2) is 17.2 Å². The molecular weight excluding hydrogens is 577 g/mol. The molecule has 3 aliphatic rings. The number of hydrogen-bond donors (Lipinski definition) is 0. The molecule has 5 rings (SSSR count). The minimum atomic E-state index is -5.56. The lowest BCUT2D eigenvalue weighted by Gasteiger charge is -2.32. The molecule has 0 unspecified atom stereocenters. The van der Waals surface area contributed by atoms with Crippen LogP contribution in [0.15, 0.2) is 28.0 Å². The zero-order valence-corrected chi connectivity index (χ0v) is 24.6. The van der Waals surface area contributed by atoms with Crippen LogP contribution in [0.1, 0.15) is 131 Å². The van der Waals surface area contributed by atoms with E-state index in [4.69, 9.17) is 4.18 Å². The molecule has 0 saturated heterocycles. The van der Waals surface area contributed by atoms with Gasteiger partial charge in [0.15, 0.2) is 11.6 Å². The third-order valence-electron chi connectivity index (χ3n) is 9.13. The van der Waals surface area contributed by atoms with Crippen LogP contribution < -0.4 is 4.18 Å². The van der Waals surface area contributed by atoms with Gasteiger partial charge in [0.2, 0.25) is 11.6 Å². The highest BCUT2D eigenvalue weighted by Gasteiger charge is 2.36. The molecule has 0 radical (unpaired) electrons. The Morgan fingerprint density at radius 3 is 1.51 bits per heavy atom. The van der Waals surface area contributed by atoms with Gasteiger partial charge in [-0.05, 0) is 79.0 Å². The van der Waals surface area contributed by atoms with Crippen molar-refractivity contribution < 1.29 is 38.7 Å². The van der Waals surface area contributed by atoms with E-state index >= 15 is 0 Å². The van der Waals surface area contributed by atoms with E-state index in [-0.39, 0.29) is 22.8 Å². The van der Waals surface area contributed by atoms with Gasteiger partial charge in [-0.2, -0.15) is 12.8 Å². The van der Waals surface area contributed by atoms with Gasteiger partial charge in [0.05, 0.1) is 4.90 Å². The Morgan fingerprint density at radius 1 is 0.634 bits per heavy atom. The molecule has 0 aromatic heterocycles. The highest BCUT2D eigenvalue weighted by atomic mass is 32.2. The van der Waals surface area contributed by atoms with Crippen molar-refractivity contribution in [2.24, 2.45) is 0 Å². The van der Waals surface area contributed by atoms with Crippen LogP contribution in [0.4, 0.5) is 13.2 Å². The lowest BCUT2D eigenvalue weighted by atomic mass is 9.76. The minimum Gasteiger partial charge on any atom is -0.744 e. The van der Waals surface area contributed by atoms with Gasteiger partial charge in [0.1, 0.15) is 15.0 Å². The van der Waals surface area contributed by atoms with E-state index in [9.17, 15) is 34.6 Å². The third kappa shape index (κ3) is 6.46. The molecule has 0 amide bonds. The van der Waals surface area contributed by atoms with Crippen LogP contribution >= 0.6 is 0 Å². The fraction of sp³-hybridized carbons (Fsp3) is 0.600. The largest absolute Gasteiger partial charge is 0.744 e. The van der Waals surface area contributed by atoms with Crippen LogP contribution in [0, 0.1) is 17.5 Å². The molecule has 6 nitrogen and oxygen atoms in total. The number of rotatable bonds is 7. The molecule has 0 bridgehead atoms. The second kappa shape index (κ2) is 12.2. The van der Waals surface area contributed by atoms with Gasteiger partial charge < -0.3 is 8.74 Å². The molecule has 41 heavy (non-hydrogen) atoms. The summed E-state index contributed by atoms with van der Waals surface area (Å²) in [5.74, 6) is -7.60. The van der Waals surface area contributed by atoms with Crippen LogP contribution in [-0.4, -0.2) is 21.4 Å². The topological polar surface area (TPSA) is 101 Å². The van der Waals surface area contributed by atoms with E-state index in [1.54, 1.807) is 0 Å². The van der Waals surface area contributed by atoms with Gasteiger partial charge in [0.25, 0.3) is 0 Å². The Hall–Kier alpha value is -2.11. The lowest BCUT2D eigenvalue weighted by molar-refractivity contribution is 0.390. The summed E-state index contributed by atoms with van der Waals surface area (Å²) >= 11 is 0. The van der Waals surface area contributed by atoms with E-state index in [0.717, 1.165) is 95.5 Å². The maximum atomic E-state index is 14.9. The second-order valence-electron chi connectivity index (χ2n) is 11.8. The summed E-state index contributed by atoms with van der Waals surface area (Å²) < 4.78 is 111. The first kappa shape index (κ1) is 30.4. The third-order valence-corrected chi connectivity index (χ3v) is 11.3. The summed E-state index contributed by atoms with van der Waals surface area (Å²) in [7, 11) is -10.5. The molecule has 0 atom stereocenters. The SMILES string of the molecule is O=S(=O)([O-])c1cc(F)c(OS(=O)(=O)c2c(C3CCCCC3)cc(C3CCCCC3)cc2C2CCCCC2)c(F)c1F. The summed E-state index contributed by atoms with van der Waals surface area (Å²) in [5, 5.41) is 0. The van der Waals surface area contributed by atoms with Gasteiger partial charge >= 0.3 is 10.1 Å². The van der Waals surface area contributed by atoms with Crippen LogP contribution in [-0.2, 0) is 20.2 Å². The van der Waals surface area contributed by atoms with E-state index in [1.165, 1.54) is 6.42 Å². The first-order chi connectivity index (χ1) is 19.5. The maximum Gasteiger partial charge on any atom is 0.339 e. The quantitative estimate of drug-likeness (QED) is 0.179. The first-order valence-corrected chi connectivity index (χ1v) is 17.5. The zero-order valence-electron chi connectivity index (χ0n) is 23.0. The van der Waals surface area contributed by atoms with E-state index in [0.29, 0.717) is 17.0 Å². The zero-order chi connectivity index (χ0) is 29.4. The molecule has 0 heterocycles. The molecule has 0 aliphatic heterocycles. The predicted molar refractivity (Wildman–Crippen MR) is 146 cm³/mol. The van der Waals surface area contributed by atoms with Crippen LogP contribution in [0.3, 0.4) is 0 Å². The van der Waals surface area contributed by atoms with E-state index in [1.807, 2.05) is 12.1 Å². The average Bonchev–Trinajstić information content (AvgIpc) is 2.97. The monoisotopic (exact) mass is 613 g/mol. The van der Waals surface area contributed by atoms with Crippen LogP contribution in [0.2, 0.25) is 0 Å². The molecule has 226 valence electrons. The van der Waals surface area contributed by atoms with Crippen molar-refractivity contribution in [1.29, 1.82) is 0 Å². The Labute approximate surface area is 240 Å². The number of halogens is 3. The fourth-order valence-electron chi connectivity index (χ4n) is 7.06. The number of hydrogen-bond acceptors (Lipinski definition) is 6. The van der Waals surface area contributed by atoms with Crippen LogP contribution in [0.5, 0.6) is 5.75 Å². The standard InChI is InChI=1S/C30H37F3O6S2/c31-25-18-26(40(34,35)36)27(32)28(33)29(25)39-41(37,38)30-23(20-12-6-2-7-13-20)16-22(19-10-4-1-5-11-19)17-24(30)21-14-8-3-9-15-21/h16-21H,1-15H2,(H,34,35,36)/p-1. The highest BCUT2D eigenvalue weighted by molar-refractivity contribution is 7.87. The summed E-state index contributed by atoms with van der Waals surface area (Å²) in [4.78, 5) is -1.85. The molecule has 2 aromatic rings. The van der Waals surface area contributed by atoms with E-state index in [2.05, 4.69) is 0 Å². The van der Waals surface area contributed by atoms with Crippen molar-refractivity contribution >= 4 is 20.2 Å². The van der Waals surface area contributed by atoms with Gasteiger partial charge in [-0.1, -0.05) is 69.9 Å². The van der Waals surface area contributed by atoms with Crippen molar-refractivity contribution in [1.82, 2.24) is 0 Å². The summed E-state index contributed by atoms with van der Waals surface area (Å²) in [5.41, 5.74) is 2.28. The van der Waals surface area contributed by atoms with Crippen molar-refractivity contribution in [2.45, 2.75) is 124 Å². The Morgan fingerprint density at radius 2 is 1.07 bits per heavy atom. The lowest BCUT2D eigenvalue weighted by Crippen LogP contribution is -2.22. The molecule has 11 heteroatoms. The van der Waals surface area contributed by atoms with Crippen molar-refractivity contribution in [3.8, 4) is 5.75 Å². The Bertz CT molecular complexity index is 1450. The molecule has 3 fully saturated rings. The van der Waals surface area contributed by atoms with Gasteiger partial charge in [0, 0.05) is 0 Å². The van der Waals surface area contributed by atoms with Crippen LogP contribution in [0.25, 0.3) is 0 Å². The molecule has 0 spiro atoms. The smallest absolute Gasteiger partial charge is 0.339 e. The molecule has 2 aromatic carbocycles. The minimum absolute atomic E-state index is 0.0398. The summed E-state index contributed by atoms with van der Waals surface area (Å²) in [6.07, 6.45) is 14.3. The Kier molecular flexibility index (Phi) is 9.07. The van der Waals surface area contributed by atoms with E-state index < -0.39 is 48.3 Å². The normalized spacial score (nSPS) is 20.3. The van der Waals surface area contributed by atoms with Gasteiger partial charge in [-0.15, -0.1) is 0 Å². The molecular formula is C30H36F3O6S2-. The first-order valence-electron chi connectivity index (χ1n) is 14.7. The summed E-state index contributed by atoms with van der Waals surface area (Å²) in [6.45, 7) is 0. The summed E-state index contributed by atoms with van der Waals surface area (Å²) in [6, 6.07) is 3.87. The predicted octanol–water partition coefficient (Wildman–Crippen LogP) is 7.92. The maximum absolute atomic E-state index is 14.9. The Balaban J connectivity index is 1.68. The van der Waals surface area contributed by atoms with Crippen molar-refractivity contribution in [3.05, 3.63) is 52.3 Å². The highest BCUT2D eigenvalue weighted by Crippen LogP contribution is 2.46.